The maximum Gasteiger partial charge on any atom is 0.320 e. The van der Waals surface area contributed by atoms with Gasteiger partial charge in [-0.1, -0.05) is 26.0 Å². The summed E-state index contributed by atoms with van der Waals surface area (Å²) in [5.41, 5.74) is 0.828. The molecule has 172 valence electrons. The molecule has 1 aliphatic heterocycles. The van der Waals surface area contributed by atoms with Crippen LogP contribution in [0.5, 0.6) is 6.01 Å². The number of aromatic nitrogens is 4. The first-order valence-electron chi connectivity index (χ1n) is 11.6. The summed E-state index contributed by atoms with van der Waals surface area (Å²) in [6.07, 6.45) is 4.68. The minimum Gasteiger partial charge on any atom is -0.467 e. The van der Waals surface area contributed by atoms with Crippen LogP contribution in [-0.2, 0) is 5.41 Å². The second kappa shape index (κ2) is 7.70. The number of methoxy groups -OCH3 is 1. The predicted octanol–water partition coefficient (Wildman–Crippen LogP) is 3.61. The molecule has 0 radical (unpaired) electrons. The third kappa shape index (κ3) is 3.42. The summed E-state index contributed by atoms with van der Waals surface area (Å²) in [5.74, 6) is 1.53. The number of fused-ring (bicyclic) bond motifs is 1. The number of nitriles is 1. The van der Waals surface area contributed by atoms with Gasteiger partial charge in [0.1, 0.15) is 5.82 Å². The van der Waals surface area contributed by atoms with Gasteiger partial charge in [-0.3, -0.25) is 0 Å². The van der Waals surface area contributed by atoms with Crippen LogP contribution in [0.2, 0.25) is 0 Å². The molecule has 2 aliphatic rings. The Bertz CT molecular complexity index is 1230. The first kappa shape index (κ1) is 21.7. The highest BCUT2D eigenvalue weighted by Crippen LogP contribution is 2.44. The van der Waals surface area contributed by atoms with Gasteiger partial charge in [0.05, 0.1) is 35.9 Å². The van der Waals surface area contributed by atoms with Crippen LogP contribution in [0.1, 0.15) is 45.6 Å². The van der Waals surface area contributed by atoms with Crippen molar-refractivity contribution in [2.45, 2.75) is 51.0 Å². The van der Waals surface area contributed by atoms with Gasteiger partial charge in [-0.15, -0.1) is 0 Å². The van der Waals surface area contributed by atoms with Crippen molar-refractivity contribution >= 4 is 16.7 Å². The number of benzene rings is 1. The van der Waals surface area contributed by atoms with E-state index in [2.05, 4.69) is 45.9 Å². The van der Waals surface area contributed by atoms with Crippen LogP contribution in [0, 0.1) is 23.2 Å². The molecule has 8 heteroatoms. The molecule has 1 saturated heterocycles. The van der Waals surface area contributed by atoms with Crippen LogP contribution < -0.4 is 9.64 Å². The maximum atomic E-state index is 10.8. The Kier molecular flexibility index (Phi) is 5.05. The molecular formula is C25H30N6O2. The summed E-state index contributed by atoms with van der Waals surface area (Å²) in [4.78, 5) is 11.4. The number of nitrogens with zero attached hydrogens (tertiary/aromatic N) is 6. The van der Waals surface area contributed by atoms with Gasteiger partial charge in [0.2, 0.25) is 0 Å². The average molecular weight is 447 g/mol. The van der Waals surface area contributed by atoms with Crippen molar-refractivity contribution in [1.29, 1.82) is 5.26 Å². The molecule has 1 saturated carbocycles. The van der Waals surface area contributed by atoms with Crippen molar-refractivity contribution in [3.8, 4) is 17.9 Å². The minimum absolute atomic E-state index is 0.0865. The van der Waals surface area contributed by atoms with Gasteiger partial charge in [-0.2, -0.15) is 20.3 Å². The number of rotatable bonds is 4. The molecular weight excluding hydrogens is 416 g/mol. The molecule has 0 unspecified atom stereocenters. The monoisotopic (exact) mass is 446 g/mol. The number of anilines is 1. The Morgan fingerprint density at radius 1 is 1.12 bits per heavy atom. The van der Waals surface area contributed by atoms with E-state index in [1.165, 1.54) is 0 Å². The van der Waals surface area contributed by atoms with Crippen LogP contribution in [0.3, 0.4) is 0 Å². The Balaban J connectivity index is 1.57. The van der Waals surface area contributed by atoms with E-state index in [4.69, 9.17) is 4.74 Å². The quantitative estimate of drug-likeness (QED) is 0.653. The molecule has 1 aliphatic carbocycles. The fraction of sp³-hybridized carbons (Fsp3) is 0.520. The first-order valence-corrected chi connectivity index (χ1v) is 11.6. The number of hydrogen-bond acceptors (Lipinski definition) is 7. The second-order valence-electron chi connectivity index (χ2n) is 9.88. The topological polar surface area (TPSA) is 100 Å². The Labute approximate surface area is 193 Å². The molecule has 0 bridgehead atoms. The Hall–Kier alpha value is -3.18. The third-order valence-corrected chi connectivity index (χ3v) is 7.93. The zero-order chi connectivity index (χ0) is 23.4. The van der Waals surface area contributed by atoms with E-state index in [0.717, 1.165) is 41.5 Å². The van der Waals surface area contributed by atoms with Gasteiger partial charge < -0.3 is 14.7 Å². The lowest BCUT2D eigenvalue weighted by Gasteiger charge is -2.46. The highest BCUT2D eigenvalue weighted by Gasteiger charge is 2.41. The SMILES string of the molecule is COc1nc(N2C[C@@H](C)[C@@](C)(O)[C@@H](C)C2)cc(-n2ncc3ccc(C4(C#N)CCC4)cc32)n1. The summed E-state index contributed by atoms with van der Waals surface area (Å²) in [5, 5.41) is 26.2. The zero-order valence-corrected chi connectivity index (χ0v) is 19.6. The average Bonchev–Trinajstić information content (AvgIpc) is 3.20. The highest BCUT2D eigenvalue weighted by atomic mass is 16.5. The van der Waals surface area contributed by atoms with Crippen LogP contribution in [0.4, 0.5) is 5.82 Å². The van der Waals surface area contributed by atoms with Crippen molar-refractivity contribution in [3.63, 3.8) is 0 Å². The number of hydrogen-bond donors (Lipinski definition) is 1. The summed E-state index contributed by atoms with van der Waals surface area (Å²) in [6, 6.07) is 10.9. The van der Waals surface area contributed by atoms with Crippen LogP contribution in [0.15, 0.2) is 30.5 Å². The largest absolute Gasteiger partial charge is 0.467 e. The van der Waals surface area contributed by atoms with E-state index < -0.39 is 11.0 Å². The van der Waals surface area contributed by atoms with E-state index in [9.17, 15) is 10.4 Å². The summed E-state index contributed by atoms with van der Waals surface area (Å²) in [7, 11) is 1.56. The third-order valence-electron chi connectivity index (χ3n) is 7.93. The summed E-state index contributed by atoms with van der Waals surface area (Å²) < 4.78 is 7.23. The van der Waals surface area contributed by atoms with Crippen LogP contribution in [-0.4, -0.2) is 50.7 Å². The predicted molar refractivity (Wildman–Crippen MR) is 126 cm³/mol. The van der Waals surface area contributed by atoms with E-state index in [0.29, 0.717) is 18.9 Å². The first-order chi connectivity index (χ1) is 15.8. The van der Waals surface area contributed by atoms with Gasteiger partial charge in [0.15, 0.2) is 5.82 Å². The molecule has 3 atom stereocenters. The van der Waals surface area contributed by atoms with Gasteiger partial charge >= 0.3 is 6.01 Å². The van der Waals surface area contributed by atoms with Gasteiger partial charge in [-0.05, 0) is 37.8 Å². The summed E-state index contributed by atoms with van der Waals surface area (Å²) >= 11 is 0. The molecule has 2 fully saturated rings. The lowest BCUT2D eigenvalue weighted by molar-refractivity contribution is -0.0504. The zero-order valence-electron chi connectivity index (χ0n) is 19.6. The molecule has 1 N–H and O–H groups in total. The number of ether oxygens (including phenoxy) is 1. The van der Waals surface area contributed by atoms with Crippen molar-refractivity contribution in [2.24, 2.45) is 11.8 Å². The number of piperidine rings is 1. The van der Waals surface area contributed by atoms with Gasteiger partial charge in [0, 0.05) is 36.4 Å². The minimum atomic E-state index is -0.719. The molecule has 1 aromatic carbocycles. The molecule has 2 aromatic heterocycles. The smallest absolute Gasteiger partial charge is 0.320 e. The highest BCUT2D eigenvalue weighted by molar-refractivity contribution is 5.81. The van der Waals surface area contributed by atoms with Crippen molar-refractivity contribution in [1.82, 2.24) is 19.7 Å². The molecule has 0 spiro atoms. The van der Waals surface area contributed by atoms with Crippen molar-refractivity contribution in [2.75, 3.05) is 25.1 Å². The van der Waals surface area contributed by atoms with E-state index in [1.54, 1.807) is 11.8 Å². The van der Waals surface area contributed by atoms with E-state index in [1.807, 2.05) is 31.3 Å². The van der Waals surface area contributed by atoms with Crippen LogP contribution >= 0.6 is 0 Å². The van der Waals surface area contributed by atoms with Gasteiger partial charge in [0.25, 0.3) is 0 Å². The fourth-order valence-electron chi connectivity index (χ4n) is 5.03. The summed E-state index contributed by atoms with van der Waals surface area (Å²) in [6.45, 7) is 7.42. The van der Waals surface area contributed by atoms with E-state index in [-0.39, 0.29) is 17.8 Å². The van der Waals surface area contributed by atoms with Gasteiger partial charge in [-0.25, -0.2) is 4.68 Å². The van der Waals surface area contributed by atoms with E-state index >= 15 is 0 Å². The Morgan fingerprint density at radius 3 is 2.42 bits per heavy atom. The second-order valence-corrected chi connectivity index (χ2v) is 9.88. The van der Waals surface area contributed by atoms with Crippen molar-refractivity contribution in [3.05, 3.63) is 36.0 Å². The molecule has 3 heterocycles. The molecule has 3 aromatic rings. The lowest BCUT2D eigenvalue weighted by Crippen LogP contribution is -2.55. The van der Waals surface area contributed by atoms with Crippen LogP contribution in [0.25, 0.3) is 16.7 Å². The molecule has 0 amide bonds. The molecule has 33 heavy (non-hydrogen) atoms. The fourth-order valence-corrected chi connectivity index (χ4v) is 5.03. The standard InChI is InChI=1S/C25H30N6O2/c1-16-13-30(14-17(2)24(16,3)32)21-11-22(29-23(28-21)33-4)31-20-10-19(7-6-18(20)12-27-31)25(15-26)8-5-9-25/h6-7,10-12,16-17,32H,5,8-9,13-14H2,1-4H3/t16-,17+,24-. The Morgan fingerprint density at radius 2 is 1.82 bits per heavy atom. The number of aliphatic hydroxyl groups is 1. The lowest BCUT2D eigenvalue weighted by atomic mass is 9.65. The van der Waals surface area contributed by atoms with Crippen molar-refractivity contribution < 1.29 is 9.84 Å². The maximum absolute atomic E-state index is 10.8. The molecule has 8 nitrogen and oxygen atoms in total. The molecule has 5 rings (SSSR count). The normalized spacial score (nSPS) is 26.6.